The van der Waals surface area contributed by atoms with Crippen LogP contribution in [-0.2, 0) is 0 Å². The molecule has 15 heavy (non-hydrogen) atoms. The zero-order valence-electron chi connectivity index (χ0n) is 9.07. The Balaban J connectivity index is 2.91. The maximum Gasteiger partial charge on any atom is 0.336 e. The number of benzene rings is 1. The minimum absolute atomic E-state index is 0.295. The Morgan fingerprint density at radius 2 is 2.00 bits per heavy atom. The van der Waals surface area contributed by atoms with Crippen molar-refractivity contribution in [2.24, 2.45) is 0 Å². The van der Waals surface area contributed by atoms with Gasteiger partial charge >= 0.3 is 5.63 Å². The molecule has 78 valence electrons. The van der Waals surface area contributed by atoms with Gasteiger partial charge in [-0.1, -0.05) is 6.07 Å². The number of rotatable bonds is 1. The lowest BCUT2D eigenvalue weighted by Crippen LogP contribution is -2.10. The van der Waals surface area contributed by atoms with Crippen molar-refractivity contribution in [3.63, 3.8) is 0 Å². The fourth-order valence-corrected chi connectivity index (χ4v) is 1.76. The number of hydrogen-bond donors (Lipinski definition) is 0. The first kappa shape index (κ1) is 9.77. The van der Waals surface area contributed by atoms with Crippen LogP contribution in [0.15, 0.2) is 33.5 Å². The quantitative estimate of drug-likeness (QED) is 0.666. The average molecular weight is 203 g/mol. The van der Waals surface area contributed by atoms with E-state index in [1.54, 1.807) is 0 Å². The second-order valence-corrected chi connectivity index (χ2v) is 3.79. The number of aryl methyl sites for hydroxylation is 1. The molecular weight excluding hydrogens is 190 g/mol. The molecule has 0 aliphatic carbocycles. The molecule has 0 fully saturated rings. The molecule has 0 spiro atoms. The Hall–Kier alpha value is -1.77. The number of anilines is 1. The van der Waals surface area contributed by atoms with Gasteiger partial charge in [0, 0.05) is 31.2 Å². The summed E-state index contributed by atoms with van der Waals surface area (Å²) >= 11 is 0. The standard InChI is InChI=1S/C12H13NO2/c1-8-7-11(14)15-10-6-4-5-9(12(8)10)13(2)3/h4-7H,1-3H3. The molecule has 0 N–H and O–H groups in total. The molecule has 2 aromatic rings. The monoisotopic (exact) mass is 203 g/mol. The van der Waals surface area contributed by atoms with Gasteiger partial charge in [0.15, 0.2) is 0 Å². The topological polar surface area (TPSA) is 33.5 Å². The molecular formula is C12H13NO2. The first-order valence-electron chi connectivity index (χ1n) is 4.80. The van der Waals surface area contributed by atoms with Gasteiger partial charge < -0.3 is 9.32 Å². The lowest BCUT2D eigenvalue weighted by Gasteiger charge is -2.15. The molecule has 0 saturated heterocycles. The van der Waals surface area contributed by atoms with E-state index in [-0.39, 0.29) is 5.63 Å². The Bertz CT molecular complexity index is 555. The molecule has 3 heteroatoms. The van der Waals surface area contributed by atoms with E-state index < -0.39 is 0 Å². The Kier molecular flexibility index (Phi) is 2.23. The summed E-state index contributed by atoms with van der Waals surface area (Å²) in [6.45, 7) is 1.92. The summed E-state index contributed by atoms with van der Waals surface area (Å²) in [6.07, 6.45) is 0. The molecule has 1 heterocycles. The van der Waals surface area contributed by atoms with Gasteiger partial charge in [0.25, 0.3) is 0 Å². The Morgan fingerprint density at radius 3 is 2.67 bits per heavy atom. The third-order valence-electron chi connectivity index (χ3n) is 2.43. The van der Waals surface area contributed by atoms with Crippen molar-refractivity contribution in [1.29, 1.82) is 0 Å². The summed E-state index contributed by atoms with van der Waals surface area (Å²) in [5.41, 5.74) is 2.36. The van der Waals surface area contributed by atoms with Gasteiger partial charge in [0.05, 0.1) is 0 Å². The van der Waals surface area contributed by atoms with Gasteiger partial charge in [0.2, 0.25) is 0 Å². The van der Waals surface area contributed by atoms with E-state index in [0.717, 1.165) is 16.6 Å². The Labute approximate surface area is 87.9 Å². The van der Waals surface area contributed by atoms with Crippen LogP contribution in [0.4, 0.5) is 5.69 Å². The lowest BCUT2D eigenvalue weighted by atomic mass is 10.1. The smallest absolute Gasteiger partial charge is 0.336 e. The van der Waals surface area contributed by atoms with Gasteiger partial charge in [-0.2, -0.15) is 0 Å². The average Bonchev–Trinajstić information content (AvgIpc) is 2.16. The minimum atomic E-state index is -0.295. The molecule has 2 rings (SSSR count). The molecule has 0 radical (unpaired) electrons. The zero-order chi connectivity index (χ0) is 11.0. The molecule has 0 unspecified atom stereocenters. The molecule has 3 nitrogen and oxygen atoms in total. The van der Waals surface area contributed by atoms with Crippen molar-refractivity contribution in [1.82, 2.24) is 0 Å². The van der Waals surface area contributed by atoms with E-state index in [9.17, 15) is 4.79 Å². The highest BCUT2D eigenvalue weighted by atomic mass is 16.4. The largest absolute Gasteiger partial charge is 0.423 e. The van der Waals surface area contributed by atoms with E-state index in [1.807, 2.05) is 44.1 Å². The third-order valence-corrected chi connectivity index (χ3v) is 2.43. The van der Waals surface area contributed by atoms with E-state index in [0.29, 0.717) is 5.58 Å². The van der Waals surface area contributed by atoms with Crippen LogP contribution < -0.4 is 10.5 Å². The third kappa shape index (κ3) is 1.61. The first-order valence-corrected chi connectivity index (χ1v) is 4.80. The summed E-state index contributed by atoms with van der Waals surface area (Å²) in [6, 6.07) is 7.24. The van der Waals surface area contributed by atoms with Crippen molar-refractivity contribution in [3.05, 3.63) is 40.2 Å². The normalized spacial score (nSPS) is 10.6. The van der Waals surface area contributed by atoms with Gasteiger partial charge in [-0.25, -0.2) is 4.79 Å². The van der Waals surface area contributed by atoms with Gasteiger partial charge in [-0.05, 0) is 24.6 Å². The molecule has 0 aliphatic heterocycles. The highest BCUT2D eigenvalue weighted by molar-refractivity contribution is 5.92. The molecule has 0 bridgehead atoms. The summed E-state index contributed by atoms with van der Waals surface area (Å²) in [5, 5.41) is 1.00. The van der Waals surface area contributed by atoms with Crippen LogP contribution in [-0.4, -0.2) is 14.1 Å². The maximum absolute atomic E-state index is 11.2. The highest BCUT2D eigenvalue weighted by Crippen LogP contribution is 2.26. The highest BCUT2D eigenvalue weighted by Gasteiger charge is 2.07. The van der Waals surface area contributed by atoms with Crippen molar-refractivity contribution >= 4 is 16.7 Å². The molecule has 1 aromatic heterocycles. The van der Waals surface area contributed by atoms with Gasteiger partial charge in [-0.3, -0.25) is 0 Å². The van der Waals surface area contributed by atoms with Crippen LogP contribution in [0.5, 0.6) is 0 Å². The second-order valence-electron chi connectivity index (χ2n) is 3.79. The fraction of sp³-hybridized carbons (Fsp3) is 0.250. The van der Waals surface area contributed by atoms with Crippen LogP contribution >= 0.6 is 0 Å². The van der Waals surface area contributed by atoms with E-state index in [4.69, 9.17) is 4.42 Å². The van der Waals surface area contributed by atoms with Crippen LogP contribution in [0.2, 0.25) is 0 Å². The summed E-state index contributed by atoms with van der Waals surface area (Å²) < 4.78 is 5.15. The SMILES string of the molecule is Cc1cc(=O)oc2cccc(N(C)C)c12. The molecule has 0 aliphatic rings. The second kappa shape index (κ2) is 3.42. The van der Waals surface area contributed by atoms with E-state index in [1.165, 1.54) is 6.07 Å². The van der Waals surface area contributed by atoms with Crippen LogP contribution in [0.3, 0.4) is 0 Å². The number of nitrogens with zero attached hydrogens (tertiary/aromatic N) is 1. The molecule has 0 atom stereocenters. The van der Waals surface area contributed by atoms with Gasteiger partial charge in [-0.15, -0.1) is 0 Å². The van der Waals surface area contributed by atoms with Crippen molar-refractivity contribution in [2.75, 3.05) is 19.0 Å². The molecule has 0 saturated carbocycles. The van der Waals surface area contributed by atoms with Crippen LogP contribution in [0.1, 0.15) is 5.56 Å². The van der Waals surface area contributed by atoms with Crippen molar-refractivity contribution in [3.8, 4) is 0 Å². The van der Waals surface area contributed by atoms with Crippen molar-refractivity contribution < 1.29 is 4.42 Å². The first-order chi connectivity index (χ1) is 7.09. The van der Waals surface area contributed by atoms with Gasteiger partial charge in [0.1, 0.15) is 5.58 Å². The molecule has 1 aromatic carbocycles. The van der Waals surface area contributed by atoms with Crippen molar-refractivity contribution in [2.45, 2.75) is 6.92 Å². The fourth-order valence-electron chi connectivity index (χ4n) is 1.76. The van der Waals surface area contributed by atoms with E-state index in [2.05, 4.69) is 0 Å². The van der Waals surface area contributed by atoms with Crippen LogP contribution in [0, 0.1) is 6.92 Å². The number of fused-ring (bicyclic) bond motifs is 1. The maximum atomic E-state index is 11.2. The minimum Gasteiger partial charge on any atom is -0.423 e. The zero-order valence-corrected chi connectivity index (χ0v) is 9.07. The predicted octanol–water partition coefficient (Wildman–Crippen LogP) is 2.17. The van der Waals surface area contributed by atoms with Crippen LogP contribution in [0.25, 0.3) is 11.0 Å². The predicted molar refractivity (Wildman–Crippen MR) is 61.5 cm³/mol. The molecule has 0 amide bonds. The summed E-state index contributed by atoms with van der Waals surface area (Å²) in [7, 11) is 3.94. The Morgan fingerprint density at radius 1 is 1.27 bits per heavy atom. The summed E-state index contributed by atoms with van der Waals surface area (Å²) in [5.74, 6) is 0. The van der Waals surface area contributed by atoms with E-state index >= 15 is 0 Å². The summed E-state index contributed by atoms with van der Waals surface area (Å²) in [4.78, 5) is 13.2. The lowest BCUT2D eigenvalue weighted by molar-refractivity contribution is 0.560. The number of hydrogen-bond acceptors (Lipinski definition) is 3.